The second kappa shape index (κ2) is 7.89. The van der Waals surface area contributed by atoms with Gasteiger partial charge in [0.2, 0.25) is 5.43 Å². The summed E-state index contributed by atoms with van der Waals surface area (Å²) in [6, 6.07) is 3.03. The molecule has 1 aromatic carbocycles. The maximum atomic E-state index is 14.9. The summed E-state index contributed by atoms with van der Waals surface area (Å²) in [5.41, 5.74) is 0.830. The molecule has 0 unspecified atom stereocenters. The zero-order chi connectivity index (χ0) is 19.7. The maximum absolute atomic E-state index is 14.9. The number of ether oxygens (including phenoxy) is 1. The molecule has 2 fully saturated rings. The van der Waals surface area contributed by atoms with E-state index in [-0.39, 0.29) is 16.9 Å². The van der Waals surface area contributed by atoms with Crippen LogP contribution in [0.4, 0.5) is 10.1 Å². The van der Waals surface area contributed by atoms with Crippen LogP contribution in [0.5, 0.6) is 0 Å². The number of nitrogens with zero attached hydrogens (tertiary/aromatic N) is 3. The fourth-order valence-corrected chi connectivity index (χ4v) is 3.90. The molecule has 150 valence electrons. The van der Waals surface area contributed by atoms with Crippen LogP contribution in [-0.2, 0) is 11.3 Å². The number of halogens is 1. The lowest BCUT2D eigenvalue weighted by atomic mass is 10.1. The number of pyridine rings is 1. The molecule has 2 aliphatic rings. The molecule has 2 aromatic rings. The van der Waals surface area contributed by atoms with E-state index in [1.54, 1.807) is 17.2 Å². The van der Waals surface area contributed by atoms with E-state index < -0.39 is 11.2 Å². The first kappa shape index (κ1) is 18.9. The van der Waals surface area contributed by atoms with Gasteiger partial charge in [-0.15, -0.1) is 0 Å². The molecule has 0 aliphatic carbocycles. The molecule has 1 N–H and O–H groups in total. The van der Waals surface area contributed by atoms with E-state index >= 15 is 0 Å². The molecule has 28 heavy (non-hydrogen) atoms. The fraction of sp³-hybridized carbons (Fsp3) is 0.500. The number of piperazine rings is 1. The number of nitrogens with one attached hydrogen (secondary N) is 1. The quantitative estimate of drug-likeness (QED) is 0.851. The summed E-state index contributed by atoms with van der Waals surface area (Å²) in [5, 5.41) is 3.50. The van der Waals surface area contributed by atoms with E-state index in [1.807, 2.05) is 16.4 Å². The van der Waals surface area contributed by atoms with Crippen LogP contribution in [0.1, 0.15) is 17.3 Å². The van der Waals surface area contributed by atoms with Crippen molar-refractivity contribution in [2.24, 2.45) is 0 Å². The number of morpholine rings is 1. The molecule has 8 heteroatoms. The van der Waals surface area contributed by atoms with Crippen LogP contribution in [0.3, 0.4) is 0 Å². The number of amides is 1. The Morgan fingerprint density at radius 3 is 2.57 bits per heavy atom. The van der Waals surface area contributed by atoms with Crippen LogP contribution in [0.25, 0.3) is 10.9 Å². The molecule has 4 rings (SSSR count). The largest absolute Gasteiger partial charge is 0.378 e. The van der Waals surface area contributed by atoms with Crippen LogP contribution in [0, 0.1) is 5.82 Å². The van der Waals surface area contributed by atoms with Crippen LogP contribution in [0.2, 0.25) is 0 Å². The molecule has 7 nitrogen and oxygen atoms in total. The van der Waals surface area contributed by atoms with Gasteiger partial charge in [0.25, 0.3) is 5.91 Å². The minimum absolute atomic E-state index is 0.0885. The Bertz CT molecular complexity index is 947. The SMILES string of the molecule is CCn1cc(C(=O)N2CCOCC2)c(=O)c2cc(F)c(N3CCNCC3)cc21. The monoisotopic (exact) mass is 388 g/mol. The third kappa shape index (κ3) is 3.38. The molecule has 3 heterocycles. The van der Waals surface area contributed by atoms with Gasteiger partial charge in [-0.3, -0.25) is 9.59 Å². The second-order valence-corrected chi connectivity index (χ2v) is 7.12. The smallest absolute Gasteiger partial charge is 0.259 e. The van der Waals surface area contributed by atoms with E-state index in [4.69, 9.17) is 4.74 Å². The third-order valence-electron chi connectivity index (χ3n) is 5.48. The van der Waals surface area contributed by atoms with Crippen molar-refractivity contribution in [1.29, 1.82) is 0 Å². The van der Waals surface area contributed by atoms with Gasteiger partial charge in [0.15, 0.2) is 0 Å². The Hall–Kier alpha value is -2.45. The van der Waals surface area contributed by atoms with Gasteiger partial charge >= 0.3 is 0 Å². The van der Waals surface area contributed by atoms with E-state index in [1.165, 1.54) is 6.07 Å². The Labute approximate surface area is 162 Å². The molecule has 2 aliphatic heterocycles. The van der Waals surface area contributed by atoms with Crippen molar-refractivity contribution >= 4 is 22.5 Å². The topological polar surface area (TPSA) is 66.8 Å². The zero-order valence-electron chi connectivity index (χ0n) is 16.0. The molecule has 0 saturated carbocycles. The Morgan fingerprint density at radius 1 is 1.18 bits per heavy atom. The minimum Gasteiger partial charge on any atom is -0.378 e. The summed E-state index contributed by atoms with van der Waals surface area (Å²) in [5.74, 6) is -0.742. The Morgan fingerprint density at radius 2 is 1.89 bits per heavy atom. The lowest BCUT2D eigenvalue weighted by molar-refractivity contribution is 0.0301. The number of aromatic nitrogens is 1. The van der Waals surface area contributed by atoms with Crippen LogP contribution >= 0.6 is 0 Å². The highest BCUT2D eigenvalue weighted by atomic mass is 19.1. The molecule has 2 saturated heterocycles. The van der Waals surface area contributed by atoms with Gasteiger partial charge in [-0.25, -0.2) is 4.39 Å². The molecule has 1 amide bonds. The lowest BCUT2D eigenvalue weighted by Gasteiger charge is -2.30. The van der Waals surface area contributed by atoms with Crippen molar-refractivity contribution in [1.82, 2.24) is 14.8 Å². The highest BCUT2D eigenvalue weighted by Gasteiger charge is 2.24. The van der Waals surface area contributed by atoms with Crippen molar-refractivity contribution in [3.8, 4) is 0 Å². The van der Waals surface area contributed by atoms with Crippen molar-refractivity contribution in [3.05, 3.63) is 39.9 Å². The fourth-order valence-electron chi connectivity index (χ4n) is 3.90. The summed E-state index contributed by atoms with van der Waals surface area (Å²) < 4.78 is 22.0. The number of benzene rings is 1. The van der Waals surface area contributed by atoms with E-state index in [2.05, 4.69) is 5.32 Å². The summed E-state index contributed by atoms with van der Waals surface area (Å²) in [6.07, 6.45) is 1.61. The lowest BCUT2D eigenvalue weighted by Crippen LogP contribution is -2.44. The molecule has 0 spiro atoms. The number of anilines is 1. The highest BCUT2D eigenvalue weighted by Crippen LogP contribution is 2.26. The summed E-state index contributed by atoms with van der Waals surface area (Å²) >= 11 is 0. The minimum atomic E-state index is -0.426. The summed E-state index contributed by atoms with van der Waals surface area (Å²) in [4.78, 5) is 29.5. The first-order chi connectivity index (χ1) is 13.6. The van der Waals surface area contributed by atoms with E-state index in [0.717, 1.165) is 13.1 Å². The predicted molar refractivity (Wildman–Crippen MR) is 106 cm³/mol. The molecule has 0 radical (unpaired) electrons. The molecular formula is C20H25FN4O3. The van der Waals surface area contributed by atoms with Crippen molar-refractivity contribution in [2.75, 3.05) is 57.4 Å². The number of hydrogen-bond donors (Lipinski definition) is 1. The van der Waals surface area contributed by atoms with E-state index in [9.17, 15) is 14.0 Å². The van der Waals surface area contributed by atoms with Crippen LogP contribution in [0.15, 0.2) is 23.1 Å². The number of fused-ring (bicyclic) bond motifs is 1. The van der Waals surface area contributed by atoms with Crippen LogP contribution < -0.4 is 15.6 Å². The number of carbonyl (C=O) groups is 1. The van der Waals surface area contributed by atoms with Crippen molar-refractivity contribution in [3.63, 3.8) is 0 Å². The van der Waals surface area contributed by atoms with E-state index in [0.29, 0.717) is 57.1 Å². The number of carbonyl (C=O) groups excluding carboxylic acids is 1. The second-order valence-electron chi connectivity index (χ2n) is 7.12. The molecule has 1 aromatic heterocycles. The Balaban J connectivity index is 1.81. The van der Waals surface area contributed by atoms with Gasteiger partial charge in [0, 0.05) is 57.4 Å². The zero-order valence-corrected chi connectivity index (χ0v) is 16.0. The number of rotatable bonds is 3. The normalized spacial score (nSPS) is 17.9. The maximum Gasteiger partial charge on any atom is 0.259 e. The number of hydrogen-bond acceptors (Lipinski definition) is 5. The summed E-state index contributed by atoms with van der Waals surface area (Å²) in [6.45, 7) is 7.38. The molecule has 0 bridgehead atoms. The first-order valence-corrected chi connectivity index (χ1v) is 9.79. The third-order valence-corrected chi connectivity index (χ3v) is 5.48. The summed E-state index contributed by atoms with van der Waals surface area (Å²) in [7, 11) is 0. The van der Waals surface area contributed by atoms with Gasteiger partial charge < -0.3 is 24.4 Å². The van der Waals surface area contributed by atoms with Gasteiger partial charge in [-0.05, 0) is 19.1 Å². The van der Waals surface area contributed by atoms with Gasteiger partial charge in [0.1, 0.15) is 11.4 Å². The van der Waals surface area contributed by atoms with Crippen molar-refractivity contribution < 1.29 is 13.9 Å². The number of aryl methyl sites for hydroxylation is 1. The standard InChI is InChI=1S/C20H25FN4O3/c1-2-23-13-15(20(27)25-7-9-28-10-8-25)19(26)14-11-16(21)18(12-17(14)23)24-5-3-22-4-6-24/h11-13,22H,2-10H2,1H3. The molecular weight excluding hydrogens is 363 g/mol. The van der Waals surface area contributed by atoms with Gasteiger partial charge in [-0.2, -0.15) is 0 Å². The average molecular weight is 388 g/mol. The average Bonchev–Trinajstić information content (AvgIpc) is 2.75. The van der Waals surface area contributed by atoms with Crippen LogP contribution in [-0.4, -0.2) is 67.9 Å². The van der Waals surface area contributed by atoms with Crippen molar-refractivity contribution in [2.45, 2.75) is 13.5 Å². The Kier molecular flexibility index (Phi) is 5.32. The van der Waals surface area contributed by atoms with Gasteiger partial charge in [0.05, 0.1) is 24.4 Å². The predicted octanol–water partition coefficient (Wildman–Crippen LogP) is 1.04. The first-order valence-electron chi connectivity index (χ1n) is 9.79. The van der Waals surface area contributed by atoms with Gasteiger partial charge in [-0.1, -0.05) is 0 Å². The molecule has 0 atom stereocenters. The highest BCUT2D eigenvalue weighted by molar-refractivity contribution is 5.98.